The molecule has 0 radical (unpaired) electrons. The van der Waals surface area contributed by atoms with Crippen molar-refractivity contribution in [2.45, 2.75) is 11.8 Å². The lowest BCUT2D eigenvalue weighted by Crippen LogP contribution is -2.06. The molecule has 7 heteroatoms. The third-order valence-corrected chi connectivity index (χ3v) is 5.52. The zero-order valence-corrected chi connectivity index (χ0v) is 17.7. The van der Waals surface area contributed by atoms with Crippen LogP contribution in [0.4, 0.5) is 11.4 Å². The van der Waals surface area contributed by atoms with Crippen molar-refractivity contribution in [1.82, 2.24) is 9.29 Å². The first-order valence-electron chi connectivity index (χ1n) is 8.65. The topological polar surface area (TPSA) is 57.3 Å². The highest BCUT2D eigenvalue weighted by atomic mass is 32.2. The maximum absolute atomic E-state index is 11.2. The molecule has 0 aliphatic heterocycles. The molecule has 144 valence electrons. The van der Waals surface area contributed by atoms with Gasteiger partial charge < -0.3 is 10.6 Å². The van der Waals surface area contributed by atoms with Gasteiger partial charge in [0.25, 0.3) is 0 Å². The van der Waals surface area contributed by atoms with Crippen molar-refractivity contribution in [3.05, 3.63) is 66.2 Å². The molecule has 2 N–H and O–H groups in total. The van der Waals surface area contributed by atoms with E-state index in [4.69, 9.17) is 0 Å². The van der Waals surface area contributed by atoms with Crippen molar-refractivity contribution in [3.63, 3.8) is 0 Å². The molecule has 1 aromatic heterocycles. The predicted octanol–water partition coefficient (Wildman–Crippen LogP) is 5.42. The predicted molar refractivity (Wildman–Crippen MR) is 120 cm³/mol. The number of amides is 1. The van der Waals surface area contributed by atoms with Crippen molar-refractivity contribution in [2.24, 2.45) is 0 Å². The molecule has 0 atom stereocenters. The molecule has 0 aliphatic rings. The van der Waals surface area contributed by atoms with Crippen molar-refractivity contribution >= 4 is 46.3 Å². The van der Waals surface area contributed by atoms with Crippen LogP contribution in [-0.4, -0.2) is 29.3 Å². The Hall–Kier alpha value is -2.61. The molecule has 0 aliphatic carbocycles. The van der Waals surface area contributed by atoms with Gasteiger partial charge in [0.05, 0.1) is 5.69 Å². The van der Waals surface area contributed by atoms with Gasteiger partial charge >= 0.3 is 0 Å². The van der Waals surface area contributed by atoms with Gasteiger partial charge in [-0.05, 0) is 55.9 Å². The van der Waals surface area contributed by atoms with Crippen molar-refractivity contribution < 1.29 is 4.79 Å². The number of nitrogens with one attached hydrogen (secondary N) is 2. The van der Waals surface area contributed by atoms with E-state index in [1.165, 1.54) is 6.92 Å². The van der Waals surface area contributed by atoms with E-state index in [-0.39, 0.29) is 5.91 Å². The summed E-state index contributed by atoms with van der Waals surface area (Å²) in [6, 6.07) is 13.9. The monoisotopic (exact) mass is 410 g/mol. The summed E-state index contributed by atoms with van der Waals surface area (Å²) in [5.41, 5.74) is 4.54. The first-order valence-corrected chi connectivity index (χ1v) is 10.3. The SMILES string of the molecule is C=C(Nc1cc(-c2nccs2)ccc1SN(C)C)c1ccc(NC(C)=O)cc1. The highest BCUT2D eigenvalue weighted by molar-refractivity contribution is 7.97. The Morgan fingerprint density at radius 1 is 1.14 bits per heavy atom. The van der Waals surface area contributed by atoms with E-state index in [0.717, 1.165) is 38.1 Å². The van der Waals surface area contributed by atoms with E-state index in [0.29, 0.717) is 0 Å². The van der Waals surface area contributed by atoms with Crippen molar-refractivity contribution in [3.8, 4) is 10.6 Å². The Kier molecular flexibility index (Phi) is 6.51. The molecule has 0 unspecified atom stereocenters. The zero-order valence-electron chi connectivity index (χ0n) is 16.0. The number of benzene rings is 2. The molecule has 5 nitrogen and oxygen atoms in total. The van der Waals surface area contributed by atoms with Gasteiger partial charge in [-0.3, -0.25) is 9.10 Å². The number of carbonyl (C=O) groups is 1. The third kappa shape index (κ3) is 5.22. The second kappa shape index (κ2) is 9.05. The minimum Gasteiger partial charge on any atom is -0.355 e. The van der Waals surface area contributed by atoms with E-state index in [1.807, 2.05) is 49.9 Å². The van der Waals surface area contributed by atoms with Gasteiger partial charge in [-0.15, -0.1) is 11.3 Å². The highest BCUT2D eigenvalue weighted by Crippen LogP contribution is 2.35. The fourth-order valence-corrected chi connectivity index (χ4v) is 3.96. The van der Waals surface area contributed by atoms with E-state index < -0.39 is 0 Å². The number of nitrogens with zero attached hydrogens (tertiary/aromatic N) is 2. The molecule has 3 aromatic rings. The molecule has 28 heavy (non-hydrogen) atoms. The second-order valence-electron chi connectivity index (χ2n) is 6.31. The summed E-state index contributed by atoms with van der Waals surface area (Å²) in [4.78, 5) is 16.7. The van der Waals surface area contributed by atoms with Crippen LogP contribution in [0, 0.1) is 0 Å². The minimum atomic E-state index is -0.0888. The summed E-state index contributed by atoms with van der Waals surface area (Å²) in [6.07, 6.45) is 1.81. The number of hydrogen-bond acceptors (Lipinski definition) is 6. The summed E-state index contributed by atoms with van der Waals surface area (Å²) in [5, 5.41) is 9.17. The van der Waals surface area contributed by atoms with Gasteiger partial charge in [-0.2, -0.15) is 0 Å². The summed E-state index contributed by atoms with van der Waals surface area (Å²) >= 11 is 3.26. The van der Waals surface area contributed by atoms with Crippen LogP contribution < -0.4 is 10.6 Å². The molecule has 3 rings (SSSR count). The minimum absolute atomic E-state index is 0.0888. The molecule has 0 saturated carbocycles. The first kappa shape index (κ1) is 20.1. The maximum Gasteiger partial charge on any atom is 0.221 e. The molecular weight excluding hydrogens is 388 g/mol. The molecule has 1 heterocycles. The van der Waals surface area contributed by atoms with E-state index >= 15 is 0 Å². The van der Waals surface area contributed by atoms with Gasteiger partial charge in [0.15, 0.2) is 0 Å². The van der Waals surface area contributed by atoms with Crippen LogP contribution in [0.3, 0.4) is 0 Å². The highest BCUT2D eigenvalue weighted by Gasteiger charge is 2.11. The fourth-order valence-electron chi connectivity index (χ4n) is 2.60. The van der Waals surface area contributed by atoms with Crippen LogP contribution in [0.15, 0.2) is 65.5 Å². The Morgan fingerprint density at radius 2 is 1.89 bits per heavy atom. The normalized spacial score (nSPS) is 10.7. The summed E-state index contributed by atoms with van der Waals surface area (Å²) in [6.45, 7) is 5.68. The van der Waals surface area contributed by atoms with E-state index in [2.05, 4.69) is 44.7 Å². The largest absolute Gasteiger partial charge is 0.355 e. The van der Waals surface area contributed by atoms with Gasteiger partial charge in [-0.1, -0.05) is 24.8 Å². The Morgan fingerprint density at radius 3 is 2.50 bits per heavy atom. The average Bonchev–Trinajstić information content (AvgIpc) is 3.17. The smallest absolute Gasteiger partial charge is 0.221 e. The molecular formula is C21H22N4OS2. The van der Waals surface area contributed by atoms with Crippen LogP contribution in [0.1, 0.15) is 12.5 Å². The molecule has 2 aromatic carbocycles. The number of thiazole rings is 1. The summed E-state index contributed by atoms with van der Waals surface area (Å²) in [7, 11) is 4.03. The molecule has 1 amide bonds. The molecule has 0 bridgehead atoms. The van der Waals surface area contributed by atoms with Crippen molar-refractivity contribution in [1.29, 1.82) is 0 Å². The summed E-state index contributed by atoms with van der Waals surface area (Å²) in [5.74, 6) is -0.0888. The Balaban J connectivity index is 1.85. The van der Waals surface area contributed by atoms with E-state index in [1.54, 1.807) is 23.3 Å². The van der Waals surface area contributed by atoms with Crippen LogP contribution >= 0.6 is 23.3 Å². The molecule has 0 fully saturated rings. The fraction of sp³-hybridized carbons (Fsp3) is 0.143. The van der Waals surface area contributed by atoms with Gasteiger partial charge in [0, 0.05) is 40.3 Å². The van der Waals surface area contributed by atoms with E-state index in [9.17, 15) is 4.79 Å². The lowest BCUT2D eigenvalue weighted by atomic mass is 10.1. The molecule has 0 saturated heterocycles. The van der Waals surface area contributed by atoms with Crippen molar-refractivity contribution in [2.75, 3.05) is 24.7 Å². The lowest BCUT2D eigenvalue weighted by molar-refractivity contribution is -0.114. The van der Waals surface area contributed by atoms with Crippen LogP contribution in [0.5, 0.6) is 0 Å². The van der Waals surface area contributed by atoms with Gasteiger partial charge in [-0.25, -0.2) is 4.98 Å². The Bertz CT molecular complexity index is 967. The lowest BCUT2D eigenvalue weighted by Gasteiger charge is -2.17. The molecule has 0 spiro atoms. The second-order valence-corrected chi connectivity index (χ2v) is 8.56. The number of rotatable bonds is 7. The zero-order chi connectivity index (χ0) is 20.1. The van der Waals surface area contributed by atoms with Crippen LogP contribution in [-0.2, 0) is 4.79 Å². The van der Waals surface area contributed by atoms with Crippen LogP contribution in [0.25, 0.3) is 16.3 Å². The van der Waals surface area contributed by atoms with Gasteiger partial charge in [0.1, 0.15) is 5.01 Å². The average molecular weight is 411 g/mol. The maximum atomic E-state index is 11.2. The summed E-state index contributed by atoms with van der Waals surface area (Å²) < 4.78 is 2.05. The van der Waals surface area contributed by atoms with Crippen LogP contribution in [0.2, 0.25) is 0 Å². The standard InChI is InChI=1S/C21H22N4OS2/c1-14(16-5-8-18(9-6-16)24-15(2)26)23-19-13-17(21-22-11-12-27-21)7-10-20(19)28-25(3)4/h5-13,23H,1H2,2-4H3,(H,24,26). The quantitative estimate of drug-likeness (QED) is 0.509. The number of anilines is 2. The number of aromatic nitrogens is 1. The third-order valence-electron chi connectivity index (χ3n) is 3.78. The Labute approximate surface area is 173 Å². The number of carbonyl (C=O) groups excluding carboxylic acids is 1. The van der Waals surface area contributed by atoms with Gasteiger partial charge in [0.2, 0.25) is 5.91 Å². The number of hydrogen-bond donors (Lipinski definition) is 2. The first-order chi connectivity index (χ1) is 13.4.